The van der Waals surface area contributed by atoms with Gasteiger partial charge < -0.3 is 15.4 Å². The van der Waals surface area contributed by atoms with E-state index in [0.717, 1.165) is 12.0 Å². The number of hydrogen-bond acceptors (Lipinski definition) is 5. The van der Waals surface area contributed by atoms with Crippen LogP contribution >= 0.6 is 0 Å². The molecule has 0 aromatic heterocycles. The Balaban J connectivity index is 1.67. The minimum Gasteiger partial charge on any atom is -0.497 e. The zero-order valence-corrected chi connectivity index (χ0v) is 20.7. The minimum atomic E-state index is -3.90. The second-order valence-electron chi connectivity index (χ2n) is 7.99. The third-order valence-corrected chi connectivity index (χ3v) is 6.65. The molecule has 0 heterocycles. The summed E-state index contributed by atoms with van der Waals surface area (Å²) in [5, 5.41) is 5.64. The highest BCUT2D eigenvalue weighted by molar-refractivity contribution is 7.92. The molecule has 0 saturated carbocycles. The van der Waals surface area contributed by atoms with E-state index in [1.54, 1.807) is 49.4 Å². The third-order valence-electron chi connectivity index (χ3n) is 5.27. The summed E-state index contributed by atoms with van der Waals surface area (Å²) in [6.45, 7) is 3.94. The second kappa shape index (κ2) is 11.5. The molecule has 0 radical (unpaired) electrons. The molecule has 3 N–H and O–H groups in total. The Labute approximate surface area is 205 Å². The first-order valence-corrected chi connectivity index (χ1v) is 12.6. The van der Waals surface area contributed by atoms with Crippen LogP contribution in [0, 0.1) is 6.92 Å². The van der Waals surface area contributed by atoms with Gasteiger partial charge in [-0.2, -0.15) is 0 Å². The third kappa shape index (κ3) is 7.07. The minimum absolute atomic E-state index is 0.0174. The number of ether oxygens (including phenoxy) is 1. The van der Waals surface area contributed by atoms with E-state index in [-0.39, 0.29) is 28.8 Å². The quantitative estimate of drug-likeness (QED) is 0.384. The molecule has 0 saturated heterocycles. The van der Waals surface area contributed by atoms with Crippen LogP contribution in [-0.2, 0) is 21.4 Å². The van der Waals surface area contributed by atoms with E-state index in [1.807, 2.05) is 19.1 Å². The van der Waals surface area contributed by atoms with Crippen molar-refractivity contribution >= 4 is 33.2 Å². The van der Waals surface area contributed by atoms with Crippen molar-refractivity contribution in [1.29, 1.82) is 0 Å². The fraction of sp³-hybridized carbons (Fsp3) is 0.231. The Bertz CT molecular complexity index is 1290. The summed E-state index contributed by atoms with van der Waals surface area (Å²) in [5.74, 6) is 0.183. The molecule has 0 spiro atoms. The molecule has 0 aliphatic heterocycles. The topological polar surface area (TPSA) is 114 Å². The Morgan fingerprint density at radius 3 is 2.20 bits per heavy atom. The molecule has 3 rings (SSSR count). The standard InChI is InChI=1S/C26H29N3O5S/c1-4-5-25(30)28-20-9-7-19(8-10-20)17-27-26(31)24-16-23(15-6-18(24)2)35(32,33)29-21-11-13-22(34-3)14-12-21/h6-16,29H,4-5,17H2,1-3H3,(H,27,31)(H,28,30). The molecule has 0 aliphatic rings. The van der Waals surface area contributed by atoms with Crippen molar-refractivity contribution in [2.75, 3.05) is 17.1 Å². The van der Waals surface area contributed by atoms with Crippen LogP contribution < -0.4 is 20.1 Å². The lowest BCUT2D eigenvalue weighted by molar-refractivity contribution is -0.116. The van der Waals surface area contributed by atoms with Crippen LogP contribution in [0.5, 0.6) is 5.75 Å². The highest BCUT2D eigenvalue weighted by Gasteiger charge is 2.18. The van der Waals surface area contributed by atoms with E-state index < -0.39 is 10.0 Å². The summed E-state index contributed by atoms with van der Waals surface area (Å²) in [6, 6.07) is 18.1. The van der Waals surface area contributed by atoms with Crippen molar-refractivity contribution in [3.8, 4) is 5.75 Å². The fourth-order valence-corrected chi connectivity index (χ4v) is 4.40. The predicted molar refractivity (Wildman–Crippen MR) is 136 cm³/mol. The van der Waals surface area contributed by atoms with Gasteiger partial charge in [0.2, 0.25) is 5.91 Å². The summed E-state index contributed by atoms with van der Waals surface area (Å²) in [4.78, 5) is 24.5. The van der Waals surface area contributed by atoms with Crippen molar-refractivity contribution in [2.45, 2.75) is 38.1 Å². The molecule has 0 atom stereocenters. The number of aryl methyl sites for hydroxylation is 1. The van der Waals surface area contributed by atoms with Crippen molar-refractivity contribution in [2.24, 2.45) is 0 Å². The average molecular weight is 496 g/mol. The number of methoxy groups -OCH3 is 1. The van der Waals surface area contributed by atoms with Gasteiger partial charge in [0, 0.05) is 29.9 Å². The number of sulfonamides is 1. The summed E-state index contributed by atoms with van der Waals surface area (Å²) in [5.41, 5.74) is 2.84. The molecule has 3 aromatic rings. The van der Waals surface area contributed by atoms with Gasteiger partial charge in [0.1, 0.15) is 5.75 Å². The van der Waals surface area contributed by atoms with Gasteiger partial charge in [-0.15, -0.1) is 0 Å². The Kier molecular flexibility index (Phi) is 8.48. The fourth-order valence-electron chi connectivity index (χ4n) is 3.32. The number of anilines is 2. The molecule has 0 bridgehead atoms. The van der Waals surface area contributed by atoms with Crippen LogP contribution in [-0.4, -0.2) is 27.3 Å². The van der Waals surface area contributed by atoms with E-state index in [2.05, 4.69) is 15.4 Å². The van der Waals surface area contributed by atoms with Crippen LogP contribution in [0.25, 0.3) is 0 Å². The van der Waals surface area contributed by atoms with E-state index in [4.69, 9.17) is 4.74 Å². The normalized spacial score (nSPS) is 10.9. The molecule has 3 aromatic carbocycles. The molecular formula is C26H29N3O5S. The van der Waals surface area contributed by atoms with Crippen LogP contribution in [0.4, 0.5) is 11.4 Å². The summed E-state index contributed by atoms with van der Waals surface area (Å²) in [6.07, 6.45) is 1.23. The van der Waals surface area contributed by atoms with Crippen molar-refractivity contribution < 1.29 is 22.7 Å². The highest BCUT2D eigenvalue weighted by atomic mass is 32.2. The Hall–Kier alpha value is -3.85. The summed E-state index contributed by atoms with van der Waals surface area (Å²) >= 11 is 0. The SMILES string of the molecule is CCCC(=O)Nc1ccc(CNC(=O)c2cc(S(=O)(=O)Nc3ccc(OC)cc3)ccc2C)cc1. The zero-order valence-electron chi connectivity index (χ0n) is 19.9. The largest absolute Gasteiger partial charge is 0.497 e. The van der Waals surface area contributed by atoms with Gasteiger partial charge in [0.15, 0.2) is 0 Å². The van der Waals surface area contributed by atoms with Crippen LogP contribution in [0.2, 0.25) is 0 Å². The maximum absolute atomic E-state index is 12.9. The monoisotopic (exact) mass is 495 g/mol. The molecule has 0 unspecified atom stereocenters. The van der Waals surface area contributed by atoms with Gasteiger partial charge in [-0.3, -0.25) is 14.3 Å². The van der Waals surface area contributed by atoms with Crippen LogP contribution in [0.3, 0.4) is 0 Å². The second-order valence-corrected chi connectivity index (χ2v) is 9.67. The molecule has 184 valence electrons. The summed E-state index contributed by atoms with van der Waals surface area (Å²) in [7, 11) is -2.37. The van der Waals surface area contributed by atoms with Crippen LogP contribution in [0.1, 0.15) is 41.3 Å². The molecule has 0 fully saturated rings. The lowest BCUT2D eigenvalue weighted by Crippen LogP contribution is -2.24. The van der Waals surface area contributed by atoms with Crippen molar-refractivity contribution in [3.05, 3.63) is 83.4 Å². The molecule has 35 heavy (non-hydrogen) atoms. The van der Waals surface area contributed by atoms with Gasteiger partial charge in [-0.05, 0) is 73.0 Å². The van der Waals surface area contributed by atoms with E-state index in [1.165, 1.54) is 19.2 Å². The van der Waals surface area contributed by atoms with E-state index >= 15 is 0 Å². The Morgan fingerprint density at radius 2 is 1.57 bits per heavy atom. The van der Waals surface area contributed by atoms with E-state index in [9.17, 15) is 18.0 Å². The number of benzene rings is 3. The maximum Gasteiger partial charge on any atom is 0.261 e. The lowest BCUT2D eigenvalue weighted by Gasteiger charge is -2.12. The summed E-state index contributed by atoms with van der Waals surface area (Å²) < 4.78 is 33.3. The number of carbonyl (C=O) groups is 2. The average Bonchev–Trinajstić information content (AvgIpc) is 2.84. The van der Waals surface area contributed by atoms with Crippen molar-refractivity contribution in [3.63, 3.8) is 0 Å². The number of hydrogen-bond donors (Lipinski definition) is 3. The molecule has 9 heteroatoms. The van der Waals surface area contributed by atoms with Gasteiger partial charge in [-0.1, -0.05) is 25.1 Å². The number of rotatable bonds is 10. The molecule has 0 aliphatic carbocycles. The lowest BCUT2D eigenvalue weighted by atomic mass is 10.1. The number of amides is 2. The molecule has 8 nitrogen and oxygen atoms in total. The smallest absolute Gasteiger partial charge is 0.261 e. The van der Waals surface area contributed by atoms with Gasteiger partial charge in [0.05, 0.1) is 12.0 Å². The van der Waals surface area contributed by atoms with E-state index in [0.29, 0.717) is 29.1 Å². The number of nitrogens with one attached hydrogen (secondary N) is 3. The maximum atomic E-state index is 12.9. The zero-order chi connectivity index (χ0) is 25.4. The first kappa shape index (κ1) is 25.8. The van der Waals surface area contributed by atoms with Crippen molar-refractivity contribution in [1.82, 2.24) is 5.32 Å². The highest BCUT2D eigenvalue weighted by Crippen LogP contribution is 2.21. The molecule has 2 amide bonds. The predicted octanol–water partition coefficient (Wildman–Crippen LogP) is 4.47. The van der Waals surface area contributed by atoms with Gasteiger partial charge in [0.25, 0.3) is 15.9 Å². The molecular weight excluding hydrogens is 466 g/mol. The number of carbonyl (C=O) groups excluding carboxylic acids is 2. The Morgan fingerprint density at radius 1 is 0.914 bits per heavy atom. The van der Waals surface area contributed by atoms with Gasteiger partial charge in [-0.25, -0.2) is 8.42 Å². The van der Waals surface area contributed by atoms with Gasteiger partial charge >= 0.3 is 0 Å². The van der Waals surface area contributed by atoms with Crippen LogP contribution in [0.15, 0.2) is 71.6 Å². The first-order chi connectivity index (χ1) is 16.7. The first-order valence-electron chi connectivity index (χ1n) is 11.2.